The van der Waals surface area contributed by atoms with Crippen LogP contribution in [-0.2, 0) is 9.59 Å². The fraction of sp³-hybridized carbons (Fsp3) is 0.579. The van der Waals surface area contributed by atoms with Gasteiger partial charge < -0.3 is 25.0 Å². The molecule has 4 rings (SSSR count). The third-order valence-corrected chi connectivity index (χ3v) is 5.30. The second kappa shape index (κ2) is 8.80. The summed E-state index contributed by atoms with van der Waals surface area (Å²) in [4.78, 5) is 26.6. The molecule has 0 bridgehead atoms. The second-order valence-electron chi connectivity index (χ2n) is 7.19. The van der Waals surface area contributed by atoms with Gasteiger partial charge in [-0.15, -0.1) is 12.4 Å². The molecule has 0 spiro atoms. The van der Waals surface area contributed by atoms with Crippen molar-refractivity contribution in [2.24, 2.45) is 11.8 Å². The minimum absolute atomic E-state index is 0. The standard InChI is InChI=1S/C19H25N3O4.ClH/c23-18-8-14(19(24)21-11-13-2-1-5-20-10-13)12-22(18)15-3-4-16-17(9-15)26-7-6-25-16;/h3-4,9,13-14,20H,1-2,5-8,10-12H2,(H,21,24);1H. The van der Waals surface area contributed by atoms with E-state index in [0.717, 1.165) is 31.6 Å². The number of halogens is 1. The van der Waals surface area contributed by atoms with Crippen LogP contribution in [0.3, 0.4) is 0 Å². The van der Waals surface area contributed by atoms with Gasteiger partial charge in [-0.2, -0.15) is 0 Å². The van der Waals surface area contributed by atoms with Crippen molar-refractivity contribution in [1.82, 2.24) is 10.6 Å². The number of carbonyl (C=O) groups is 2. The van der Waals surface area contributed by atoms with Crippen LogP contribution in [0.15, 0.2) is 18.2 Å². The van der Waals surface area contributed by atoms with Gasteiger partial charge >= 0.3 is 0 Å². The quantitative estimate of drug-likeness (QED) is 0.804. The predicted octanol–water partition coefficient (Wildman–Crippen LogP) is 1.35. The number of rotatable bonds is 4. The van der Waals surface area contributed by atoms with Crippen molar-refractivity contribution in [2.75, 3.05) is 44.3 Å². The maximum atomic E-state index is 12.5. The highest BCUT2D eigenvalue weighted by atomic mass is 35.5. The molecule has 0 aliphatic carbocycles. The van der Waals surface area contributed by atoms with Crippen LogP contribution in [0, 0.1) is 11.8 Å². The van der Waals surface area contributed by atoms with E-state index >= 15 is 0 Å². The Hall–Kier alpha value is -1.99. The molecule has 2 fully saturated rings. The van der Waals surface area contributed by atoms with Gasteiger partial charge in [0.15, 0.2) is 11.5 Å². The van der Waals surface area contributed by atoms with Crippen molar-refractivity contribution in [3.8, 4) is 11.5 Å². The molecule has 1 aromatic carbocycles. The van der Waals surface area contributed by atoms with Crippen LogP contribution in [0.1, 0.15) is 19.3 Å². The SMILES string of the molecule is Cl.O=C(NCC1CCCNC1)C1CC(=O)N(c2ccc3c(c2)OCCO3)C1. The largest absolute Gasteiger partial charge is 0.486 e. The Labute approximate surface area is 165 Å². The highest BCUT2D eigenvalue weighted by Gasteiger charge is 2.35. The van der Waals surface area contributed by atoms with Crippen molar-refractivity contribution in [3.63, 3.8) is 0 Å². The van der Waals surface area contributed by atoms with Crippen LogP contribution in [0.4, 0.5) is 5.69 Å². The average Bonchev–Trinajstić information content (AvgIpc) is 3.08. The van der Waals surface area contributed by atoms with Crippen LogP contribution in [0.2, 0.25) is 0 Å². The van der Waals surface area contributed by atoms with E-state index in [1.165, 1.54) is 0 Å². The molecule has 8 heteroatoms. The van der Waals surface area contributed by atoms with Crippen LogP contribution in [0.5, 0.6) is 11.5 Å². The van der Waals surface area contributed by atoms with Crippen molar-refractivity contribution in [3.05, 3.63) is 18.2 Å². The molecule has 3 aliphatic rings. The second-order valence-corrected chi connectivity index (χ2v) is 7.19. The summed E-state index contributed by atoms with van der Waals surface area (Å²) in [5.41, 5.74) is 0.756. The van der Waals surface area contributed by atoms with Gasteiger partial charge in [-0.25, -0.2) is 0 Å². The average molecular weight is 396 g/mol. The fourth-order valence-electron chi connectivity index (χ4n) is 3.82. The number of fused-ring (bicyclic) bond motifs is 1. The number of nitrogens with zero attached hydrogens (tertiary/aromatic N) is 1. The Morgan fingerprint density at radius 3 is 2.85 bits per heavy atom. The number of nitrogens with one attached hydrogen (secondary N) is 2. The van der Waals surface area contributed by atoms with Gasteiger partial charge in [0.2, 0.25) is 11.8 Å². The van der Waals surface area contributed by atoms with Gasteiger partial charge in [-0.1, -0.05) is 0 Å². The third-order valence-electron chi connectivity index (χ3n) is 5.30. The summed E-state index contributed by atoms with van der Waals surface area (Å²) in [5.74, 6) is 1.48. The first-order valence-corrected chi connectivity index (χ1v) is 9.39. The maximum absolute atomic E-state index is 12.5. The summed E-state index contributed by atoms with van der Waals surface area (Å²) in [6.45, 7) is 4.15. The summed E-state index contributed by atoms with van der Waals surface area (Å²) in [5, 5.41) is 6.39. The Bertz CT molecular complexity index is 694. The fourth-order valence-corrected chi connectivity index (χ4v) is 3.82. The van der Waals surface area contributed by atoms with Gasteiger partial charge in [-0.3, -0.25) is 9.59 Å². The summed E-state index contributed by atoms with van der Waals surface area (Å²) >= 11 is 0. The van der Waals surface area contributed by atoms with Crippen LogP contribution < -0.4 is 25.0 Å². The van der Waals surface area contributed by atoms with E-state index < -0.39 is 0 Å². The van der Waals surface area contributed by atoms with Crippen LogP contribution in [-0.4, -0.2) is 51.2 Å². The molecule has 0 saturated carbocycles. The molecule has 148 valence electrons. The Kier molecular flexibility index (Phi) is 6.44. The molecule has 7 nitrogen and oxygen atoms in total. The van der Waals surface area contributed by atoms with Gasteiger partial charge in [0.05, 0.1) is 5.92 Å². The summed E-state index contributed by atoms with van der Waals surface area (Å²) in [7, 11) is 0. The monoisotopic (exact) mass is 395 g/mol. The van der Waals surface area contributed by atoms with E-state index in [-0.39, 0.29) is 36.6 Å². The number of carbonyl (C=O) groups excluding carboxylic acids is 2. The van der Waals surface area contributed by atoms with E-state index in [4.69, 9.17) is 9.47 Å². The van der Waals surface area contributed by atoms with Crippen LogP contribution in [0.25, 0.3) is 0 Å². The molecule has 0 radical (unpaired) electrons. The predicted molar refractivity (Wildman–Crippen MR) is 104 cm³/mol. The topological polar surface area (TPSA) is 79.9 Å². The van der Waals surface area contributed by atoms with Gasteiger partial charge in [-0.05, 0) is 44.0 Å². The van der Waals surface area contributed by atoms with Gasteiger partial charge in [0, 0.05) is 31.3 Å². The Balaban J connectivity index is 0.00000210. The van der Waals surface area contributed by atoms with E-state index in [1.54, 1.807) is 4.90 Å². The van der Waals surface area contributed by atoms with Crippen molar-refractivity contribution in [2.45, 2.75) is 19.3 Å². The first kappa shape index (κ1) is 19.8. The number of benzene rings is 1. The molecule has 1 aromatic rings. The summed E-state index contributed by atoms with van der Waals surface area (Å²) in [6.07, 6.45) is 2.55. The number of hydrogen-bond acceptors (Lipinski definition) is 5. The van der Waals surface area contributed by atoms with Gasteiger partial charge in [0.1, 0.15) is 13.2 Å². The van der Waals surface area contributed by atoms with E-state index in [0.29, 0.717) is 43.7 Å². The lowest BCUT2D eigenvalue weighted by molar-refractivity contribution is -0.126. The molecular weight excluding hydrogens is 370 g/mol. The smallest absolute Gasteiger partial charge is 0.227 e. The number of ether oxygens (including phenoxy) is 2. The molecule has 2 unspecified atom stereocenters. The molecule has 0 aromatic heterocycles. The Morgan fingerprint density at radius 1 is 1.26 bits per heavy atom. The van der Waals surface area contributed by atoms with E-state index in [9.17, 15) is 9.59 Å². The minimum atomic E-state index is -0.299. The van der Waals surface area contributed by atoms with E-state index in [1.807, 2.05) is 18.2 Å². The molecular formula is C19H26ClN3O4. The highest BCUT2D eigenvalue weighted by molar-refractivity contribution is 6.00. The molecule has 3 heterocycles. The number of piperidine rings is 1. The summed E-state index contributed by atoms with van der Waals surface area (Å²) < 4.78 is 11.1. The number of anilines is 1. The zero-order chi connectivity index (χ0) is 17.9. The molecule has 3 aliphatic heterocycles. The normalized spacial score (nSPS) is 24.3. The van der Waals surface area contributed by atoms with Crippen molar-refractivity contribution in [1.29, 1.82) is 0 Å². The highest BCUT2D eigenvalue weighted by Crippen LogP contribution is 2.35. The van der Waals surface area contributed by atoms with Crippen molar-refractivity contribution >= 4 is 29.9 Å². The third kappa shape index (κ3) is 4.47. The minimum Gasteiger partial charge on any atom is -0.486 e. The van der Waals surface area contributed by atoms with E-state index in [2.05, 4.69) is 10.6 Å². The summed E-state index contributed by atoms with van der Waals surface area (Å²) in [6, 6.07) is 5.49. The maximum Gasteiger partial charge on any atom is 0.227 e. The zero-order valence-corrected chi connectivity index (χ0v) is 16.1. The first-order valence-electron chi connectivity index (χ1n) is 9.39. The molecule has 2 atom stereocenters. The zero-order valence-electron chi connectivity index (χ0n) is 15.2. The molecule has 2 N–H and O–H groups in total. The Morgan fingerprint density at radius 2 is 2.07 bits per heavy atom. The lowest BCUT2D eigenvalue weighted by Crippen LogP contribution is -2.40. The van der Waals surface area contributed by atoms with Gasteiger partial charge in [0.25, 0.3) is 0 Å². The molecule has 2 saturated heterocycles. The lowest BCUT2D eigenvalue weighted by Gasteiger charge is -2.24. The molecule has 2 amide bonds. The first-order chi connectivity index (χ1) is 12.7. The number of hydrogen-bond donors (Lipinski definition) is 2. The van der Waals surface area contributed by atoms with Crippen LogP contribution >= 0.6 is 12.4 Å². The van der Waals surface area contributed by atoms with Crippen molar-refractivity contribution < 1.29 is 19.1 Å². The molecule has 27 heavy (non-hydrogen) atoms. The number of amides is 2. The lowest BCUT2D eigenvalue weighted by atomic mass is 9.99.